The Hall–Kier alpha value is -2.54. The van der Waals surface area contributed by atoms with E-state index in [4.69, 9.17) is 0 Å². The highest BCUT2D eigenvalue weighted by Crippen LogP contribution is 2.29. The zero-order valence-electron chi connectivity index (χ0n) is 16.5. The van der Waals surface area contributed by atoms with Gasteiger partial charge in [-0.15, -0.1) is 0 Å². The highest BCUT2D eigenvalue weighted by atomic mass is 32.1. The number of hydrogen-bond acceptors (Lipinski definition) is 4. The zero-order valence-corrected chi connectivity index (χ0v) is 18.2. The summed E-state index contributed by atoms with van der Waals surface area (Å²) in [6.45, 7) is 1.47. The molecular formula is C24H23N3OS2. The molecule has 4 nitrogen and oxygen atoms in total. The summed E-state index contributed by atoms with van der Waals surface area (Å²) in [5, 5.41) is 13.2. The highest BCUT2D eigenvalue weighted by molar-refractivity contribution is 7.80. The number of hydrogen-bond donors (Lipinski definition) is 2. The molecule has 0 fully saturated rings. The molecule has 3 aromatic carbocycles. The summed E-state index contributed by atoms with van der Waals surface area (Å²) >= 11 is 6.01. The summed E-state index contributed by atoms with van der Waals surface area (Å²) in [5.41, 5.74) is 3.53. The van der Waals surface area contributed by atoms with Crippen LogP contribution in [0.15, 0.2) is 77.8 Å². The molecule has 5 aromatic rings. The Morgan fingerprint density at radius 1 is 0.800 bits per heavy atom. The van der Waals surface area contributed by atoms with Crippen LogP contribution in [0.4, 0.5) is 0 Å². The molecule has 0 spiro atoms. The Morgan fingerprint density at radius 3 is 2.07 bits per heavy atom. The minimum atomic E-state index is -0.760. The second-order valence-corrected chi connectivity index (χ2v) is 8.77. The monoisotopic (exact) mass is 433 g/mol. The lowest BCUT2D eigenvalue weighted by molar-refractivity contribution is 0.164. The minimum absolute atomic E-state index is 0.553. The van der Waals surface area contributed by atoms with Crippen LogP contribution in [0.3, 0.4) is 0 Å². The lowest BCUT2D eigenvalue weighted by Crippen LogP contribution is -2.20. The first-order chi connectivity index (χ1) is 14.8. The van der Waals surface area contributed by atoms with Crippen molar-refractivity contribution in [2.24, 2.45) is 4.99 Å². The maximum Gasteiger partial charge on any atom is 0.188 e. The maximum absolute atomic E-state index is 10.8. The number of rotatable bonds is 6. The molecule has 1 N–H and O–H groups in total. The predicted octanol–water partition coefficient (Wildman–Crippen LogP) is 5.05. The first-order valence-electron chi connectivity index (χ1n) is 10.1. The van der Waals surface area contributed by atoms with Gasteiger partial charge in [-0.3, -0.25) is 0 Å². The Balaban J connectivity index is 1.48. The van der Waals surface area contributed by atoms with Crippen LogP contribution in [0.5, 0.6) is 0 Å². The van der Waals surface area contributed by atoms with Gasteiger partial charge in [0, 0.05) is 47.1 Å². The second-order valence-electron chi connectivity index (χ2n) is 7.31. The van der Waals surface area contributed by atoms with Crippen molar-refractivity contribution < 1.29 is 5.11 Å². The summed E-state index contributed by atoms with van der Waals surface area (Å²) in [6, 6.07) is 25.1. The third kappa shape index (κ3) is 3.45. The van der Waals surface area contributed by atoms with Crippen LogP contribution in [-0.4, -0.2) is 26.2 Å². The van der Waals surface area contributed by atoms with Crippen molar-refractivity contribution in [1.82, 2.24) is 9.13 Å². The number of fused-ring (bicyclic) bond motifs is 4. The lowest BCUT2D eigenvalue weighted by atomic mass is 10.2. The summed E-state index contributed by atoms with van der Waals surface area (Å²) in [7, 11) is 0. The SMILES string of the molecule is OC(CCn1c2ccccc2c2ccccc21)N=c1sc2ccccc2n1CCS. The lowest BCUT2D eigenvalue weighted by Gasteiger charge is -2.10. The number of thiol groups is 1. The fourth-order valence-electron chi connectivity index (χ4n) is 4.12. The van der Waals surface area contributed by atoms with Crippen molar-refractivity contribution in [1.29, 1.82) is 0 Å². The van der Waals surface area contributed by atoms with Crippen molar-refractivity contribution in [3.05, 3.63) is 77.6 Å². The van der Waals surface area contributed by atoms with E-state index in [1.54, 1.807) is 11.3 Å². The fourth-order valence-corrected chi connectivity index (χ4v) is 5.42. The number of aliphatic hydroxyl groups is 1. The second kappa shape index (κ2) is 8.30. The number of benzene rings is 3. The van der Waals surface area contributed by atoms with E-state index >= 15 is 0 Å². The number of para-hydroxylation sites is 3. The standard InChI is InChI=1S/C24H23N3OS2/c28-23(25-24-27(15-16-29)21-11-5-6-12-22(21)30-24)13-14-26-19-9-3-1-7-17(19)18-8-2-4-10-20(18)26/h1-12,23,28-29H,13-16H2. The molecule has 0 radical (unpaired) electrons. The van der Waals surface area contributed by atoms with Crippen molar-refractivity contribution in [2.75, 3.05) is 5.75 Å². The Morgan fingerprint density at radius 2 is 1.40 bits per heavy atom. The van der Waals surface area contributed by atoms with E-state index in [9.17, 15) is 5.11 Å². The van der Waals surface area contributed by atoms with E-state index in [1.807, 2.05) is 12.1 Å². The molecule has 0 saturated carbocycles. The summed E-state index contributed by atoms with van der Waals surface area (Å²) in [6.07, 6.45) is -0.207. The summed E-state index contributed by atoms with van der Waals surface area (Å²) in [4.78, 5) is 5.51. The molecule has 0 aliphatic carbocycles. The topological polar surface area (TPSA) is 42.4 Å². The first-order valence-corrected chi connectivity index (χ1v) is 11.6. The van der Waals surface area contributed by atoms with Crippen LogP contribution < -0.4 is 4.80 Å². The highest BCUT2D eigenvalue weighted by Gasteiger charge is 2.12. The van der Waals surface area contributed by atoms with E-state index in [2.05, 4.69) is 87.4 Å². The van der Waals surface area contributed by atoms with Gasteiger partial charge in [0.2, 0.25) is 0 Å². The largest absolute Gasteiger partial charge is 0.372 e. The Kier molecular flexibility index (Phi) is 5.37. The van der Waals surface area contributed by atoms with Gasteiger partial charge in [0.25, 0.3) is 0 Å². The molecular weight excluding hydrogens is 410 g/mol. The summed E-state index contributed by atoms with van der Waals surface area (Å²) < 4.78 is 5.61. The number of aromatic nitrogens is 2. The van der Waals surface area contributed by atoms with E-state index in [-0.39, 0.29) is 0 Å². The molecule has 0 amide bonds. The predicted molar refractivity (Wildman–Crippen MR) is 129 cm³/mol. The van der Waals surface area contributed by atoms with Crippen LogP contribution in [-0.2, 0) is 13.1 Å². The quantitative estimate of drug-likeness (QED) is 0.362. The Labute approximate surface area is 184 Å². The molecule has 2 aromatic heterocycles. The average Bonchev–Trinajstić information content (AvgIpc) is 3.28. The fraction of sp³-hybridized carbons (Fsp3) is 0.208. The van der Waals surface area contributed by atoms with Crippen molar-refractivity contribution in [2.45, 2.75) is 25.7 Å². The van der Waals surface area contributed by atoms with Gasteiger partial charge in [0.05, 0.1) is 10.2 Å². The van der Waals surface area contributed by atoms with Crippen LogP contribution in [0.1, 0.15) is 6.42 Å². The number of aliphatic hydroxyl groups excluding tert-OH is 1. The smallest absolute Gasteiger partial charge is 0.188 e. The Bertz CT molecular complexity index is 1340. The maximum atomic E-state index is 10.8. The molecule has 1 atom stereocenters. The number of thiazole rings is 1. The van der Waals surface area contributed by atoms with Gasteiger partial charge in [-0.25, -0.2) is 4.99 Å². The van der Waals surface area contributed by atoms with E-state index in [0.717, 1.165) is 22.6 Å². The zero-order chi connectivity index (χ0) is 20.5. The van der Waals surface area contributed by atoms with Gasteiger partial charge in [0.15, 0.2) is 4.80 Å². The molecule has 0 bridgehead atoms. The van der Waals surface area contributed by atoms with Crippen molar-refractivity contribution >= 4 is 56.0 Å². The molecule has 0 saturated heterocycles. The van der Waals surface area contributed by atoms with Gasteiger partial charge in [0.1, 0.15) is 6.23 Å². The van der Waals surface area contributed by atoms with Crippen LogP contribution >= 0.6 is 24.0 Å². The number of aryl methyl sites for hydroxylation is 2. The number of nitrogens with zero attached hydrogens (tertiary/aromatic N) is 3. The molecule has 6 heteroatoms. The molecule has 0 aliphatic heterocycles. The third-order valence-electron chi connectivity index (χ3n) is 5.46. The molecule has 5 rings (SSSR count). The van der Waals surface area contributed by atoms with Crippen LogP contribution in [0.2, 0.25) is 0 Å². The van der Waals surface area contributed by atoms with Crippen LogP contribution in [0, 0.1) is 0 Å². The van der Waals surface area contributed by atoms with Gasteiger partial charge in [-0.05, 0) is 24.3 Å². The van der Waals surface area contributed by atoms with Gasteiger partial charge >= 0.3 is 0 Å². The van der Waals surface area contributed by atoms with E-state index in [1.165, 1.54) is 26.5 Å². The average molecular weight is 434 g/mol. The van der Waals surface area contributed by atoms with Gasteiger partial charge < -0.3 is 14.2 Å². The van der Waals surface area contributed by atoms with Crippen molar-refractivity contribution in [3.63, 3.8) is 0 Å². The van der Waals surface area contributed by atoms with Crippen molar-refractivity contribution in [3.8, 4) is 0 Å². The summed E-state index contributed by atoms with van der Waals surface area (Å²) in [5.74, 6) is 0.728. The molecule has 30 heavy (non-hydrogen) atoms. The first kappa shape index (κ1) is 19.4. The minimum Gasteiger partial charge on any atom is -0.372 e. The van der Waals surface area contributed by atoms with Gasteiger partial charge in [-0.1, -0.05) is 59.9 Å². The molecule has 0 aliphatic rings. The van der Waals surface area contributed by atoms with E-state index < -0.39 is 6.23 Å². The normalized spacial score (nSPS) is 13.6. The van der Waals surface area contributed by atoms with E-state index in [0.29, 0.717) is 13.0 Å². The molecule has 152 valence electrons. The van der Waals surface area contributed by atoms with Crippen LogP contribution in [0.25, 0.3) is 32.0 Å². The van der Waals surface area contributed by atoms with Gasteiger partial charge in [-0.2, -0.15) is 12.6 Å². The molecule has 1 unspecified atom stereocenters. The third-order valence-corrected chi connectivity index (χ3v) is 6.74. The molecule has 2 heterocycles.